The summed E-state index contributed by atoms with van der Waals surface area (Å²) in [5, 5.41) is 36.6. The number of aliphatic hydroxyl groups excluding tert-OH is 3. The van der Waals surface area contributed by atoms with Crippen LogP contribution >= 0.6 is 0 Å². The molecule has 1 aliphatic heterocycles. The molecule has 4 saturated carbocycles. The summed E-state index contributed by atoms with van der Waals surface area (Å²) < 4.78 is 0. The van der Waals surface area contributed by atoms with Gasteiger partial charge in [-0.25, -0.2) is 0 Å². The van der Waals surface area contributed by atoms with Crippen molar-refractivity contribution in [3.05, 3.63) is 35.4 Å². The van der Waals surface area contributed by atoms with Gasteiger partial charge in [0, 0.05) is 19.5 Å². The highest BCUT2D eigenvalue weighted by molar-refractivity contribution is 6.21. The second kappa shape index (κ2) is 11.6. The number of benzene rings is 1. The van der Waals surface area contributed by atoms with Crippen molar-refractivity contribution < 1.29 is 29.7 Å². The second-order valence-corrected chi connectivity index (χ2v) is 15.1. The molecular weight excluding hydrogens is 544 g/mol. The largest absolute Gasteiger partial charge is 0.393 e. The predicted octanol–water partition coefficient (Wildman–Crippen LogP) is 4.17. The van der Waals surface area contributed by atoms with E-state index in [1.165, 1.54) is 4.90 Å². The van der Waals surface area contributed by atoms with Gasteiger partial charge >= 0.3 is 0 Å². The average Bonchev–Trinajstić information content (AvgIpc) is 3.46. The highest BCUT2D eigenvalue weighted by atomic mass is 16.3. The molecule has 0 radical (unpaired) electrons. The topological polar surface area (TPSA) is 127 Å². The highest BCUT2D eigenvalue weighted by Gasteiger charge is 2.65. The van der Waals surface area contributed by atoms with Crippen LogP contribution in [-0.2, 0) is 4.79 Å². The van der Waals surface area contributed by atoms with E-state index >= 15 is 0 Å². The molecule has 8 heteroatoms. The smallest absolute Gasteiger partial charge is 0.261 e. The molecule has 1 aromatic carbocycles. The minimum Gasteiger partial charge on any atom is -0.393 e. The number of nitrogens with one attached hydrogen (secondary N) is 1. The van der Waals surface area contributed by atoms with Crippen molar-refractivity contribution in [1.29, 1.82) is 0 Å². The van der Waals surface area contributed by atoms with Gasteiger partial charge in [0.1, 0.15) is 0 Å². The van der Waals surface area contributed by atoms with Gasteiger partial charge < -0.3 is 20.6 Å². The summed E-state index contributed by atoms with van der Waals surface area (Å²) in [4.78, 5) is 39.1. The molecule has 4 fully saturated rings. The van der Waals surface area contributed by atoms with E-state index in [-0.39, 0.29) is 71.0 Å². The Morgan fingerprint density at radius 1 is 1.00 bits per heavy atom. The van der Waals surface area contributed by atoms with Crippen LogP contribution in [-0.4, -0.2) is 69.3 Å². The zero-order valence-corrected chi connectivity index (χ0v) is 26.0. The van der Waals surface area contributed by atoms with Crippen LogP contribution in [0.1, 0.15) is 106 Å². The van der Waals surface area contributed by atoms with Gasteiger partial charge in [-0.2, -0.15) is 0 Å². The zero-order valence-electron chi connectivity index (χ0n) is 26.0. The molecule has 0 bridgehead atoms. The van der Waals surface area contributed by atoms with Crippen molar-refractivity contribution in [2.75, 3.05) is 13.1 Å². The van der Waals surface area contributed by atoms with E-state index in [2.05, 4.69) is 26.1 Å². The van der Waals surface area contributed by atoms with Crippen LogP contribution in [0, 0.1) is 46.3 Å². The van der Waals surface area contributed by atoms with Crippen molar-refractivity contribution >= 4 is 17.7 Å². The molecule has 1 aromatic rings. The monoisotopic (exact) mass is 594 g/mol. The second-order valence-electron chi connectivity index (χ2n) is 15.1. The summed E-state index contributed by atoms with van der Waals surface area (Å²) in [6, 6.07) is 6.85. The van der Waals surface area contributed by atoms with E-state index in [9.17, 15) is 29.7 Å². The Morgan fingerprint density at radius 2 is 1.70 bits per heavy atom. The van der Waals surface area contributed by atoms with E-state index in [0.717, 1.165) is 44.9 Å². The number of hydrogen-bond donors (Lipinski definition) is 4. The normalized spacial score (nSPS) is 40.8. The van der Waals surface area contributed by atoms with E-state index in [1.807, 2.05) is 0 Å². The molecule has 4 aliphatic carbocycles. The fourth-order valence-corrected chi connectivity index (χ4v) is 10.7. The Hall–Kier alpha value is -2.29. The van der Waals surface area contributed by atoms with Crippen LogP contribution in [0.4, 0.5) is 0 Å². The summed E-state index contributed by atoms with van der Waals surface area (Å²) >= 11 is 0. The first-order valence-electron chi connectivity index (χ1n) is 16.7. The minimum atomic E-state index is -0.431. The van der Waals surface area contributed by atoms with E-state index in [0.29, 0.717) is 48.8 Å². The van der Waals surface area contributed by atoms with E-state index < -0.39 is 6.10 Å². The maximum atomic E-state index is 12.8. The van der Waals surface area contributed by atoms with Crippen LogP contribution < -0.4 is 5.32 Å². The first-order chi connectivity index (χ1) is 20.5. The lowest BCUT2D eigenvalue weighted by atomic mass is 9.43. The van der Waals surface area contributed by atoms with Gasteiger partial charge in [0.05, 0.1) is 29.4 Å². The molecule has 0 spiro atoms. The van der Waals surface area contributed by atoms with Crippen molar-refractivity contribution in [1.82, 2.24) is 10.2 Å². The molecule has 5 aliphatic rings. The number of amides is 3. The Balaban J connectivity index is 1.01. The van der Waals surface area contributed by atoms with Crippen LogP contribution in [0.25, 0.3) is 0 Å². The fourth-order valence-electron chi connectivity index (χ4n) is 10.7. The maximum Gasteiger partial charge on any atom is 0.261 e. The van der Waals surface area contributed by atoms with Gasteiger partial charge in [0.15, 0.2) is 0 Å². The molecule has 3 amide bonds. The summed E-state index contributed by atoms with van der Waals surface area (Å²) in [6.45, 7) is 7.50. The summed E-state index contributed by atoms with van der Waals surface area (Å²) in [6.07, 6.45) is 6.59. The molecule has 8 nitrogen and oxygen atoms in total. The zero-order chi connectivity index (χ0) is 30.7. The number of aliphatic hydroxyl groups is 3. The summed E-state index contributed by atoms with van der Waals surface area (Å²) in [5.41, 5.74) is 0.670. The number of fused-ring (bicyclic) bond motifs is 6. The van der Waals surface area contributed by atoms with Crippen LogP contribution in [0.5, 0.6) is 0 Å². The third-order valence-corrected chi connectivity index (χ3v) is 13.1. The number of rotatable bonds is 8. The Morgan fingerprint density at radius 3 is 2.40 bits per heavy atom. The number of imide groups is 1. The SMILES string of the molecule is C[C@H](CCC(=O)NCCCN1C(=O)c2ccccc2C1=O)[C@H]1CC[C@H]2[C@@H]3[C@H](O)C[C@@H]4C[C@H](O)CC[C@]4(C)[C@H]3C[C@H](O)[C@]12C. The van der Waals surface area contributed by atoms with Gasteiger partial charge in [-0.15, -0.1) is 0 Å². The lowest BCUT2D eigenvalue weighted by Crippen LogP contribution is -2.62. The maximum absolute atomic E-state index is 12.8. The summed E-state index contributed by atoms with van der Waals surface area (Å²) in [5.74, 6) is 1.03. The number of hydrogen-bond acceptors (Lipinski definition) is 6. The van der Waals surface area contributed by atoms with Crippen LogP contribution in [0.15, 0.2) is 24.3 Å². The van der Waals surface area contributed by atoms with Gasteiger partial charge in [-0.05, 0) is 116 Å². The molecule has 1 heterocycles. The van der Waals surface area contributed by atoms with E-state index in [4.69, 9.17) is 0 Å². The average molecular weight is 595 g/mol. The molecule has 0 unspecified atom stereocenters. The predicted molar refractivity (Wildman–Crippen MR) is 162 cm³/mol. The third kappa shape index (κ3) is 5.05. The molecule has 0 saturated heterocycles. The Labute approximate surface area is 255 Å². The molecule has 236 valence electrons. The quantitative estimate of drug-likeness (QED) is 0.264. The fraction of sp³-hybridized carbons (Fsp3) is 0.743. The van der Waals surface area contributed by atoms with E-state index in [1.54, 1.807) is 24.3 Å². The minimum absolute atomic E-state index is 0.0284. The molecule has 11 atom stereocenters. The molecule has 4 N–H and O–H groups in total. The first kappa shape index (κ1) is 30.7. The number of carbonyl (C=O) groups excluding carboxylic acids is 3. The molecule has 6 rings (SSSR count). The van der Waals surface area contributed by atoms with Crippen LogP contribution in [0.2, 0.25) is 0 Å². The molecule has 0 aromatic heterocycles. The Kier molecular flexibility index (Phi) is 8.27. The van der Waals surface area contributed by atoms with Gasteiger partial charge in [-0.3, -0.25) is 19.3 Å². The number of nitrogens with zero attached hydrogens (tertiary/aromatic N) is 1. The Bertz CT molecular complexity index is 1220. The van der Waals surface area contributed by atoms with Crippen LogP contribution in [0.3, 0.4) is 0 Å². The van der Waals surface area contributed by atoms with Crippen molar-refractivity contribution in [2.45, 2.75) is 103 Å². The van der Waals surface area contributed by atoms with Gasteiger partial charge in [0.25, 0.3) is 11.8 Å². The standard InChI is InChI=1S/C35H50N2O6/c1-20(9-12-30(41)36-15-6-16-37-32(42)23-7-4-5-8-24(23)33(37)43)25-10-11-26-31-27(19-29(40)35(25,26)3)34(2)14-13-22(38)17-21(34)18-28(31)39/h4-5,7-8,20-22,25-29,31,38-40H,6,9-19H2,1-3H3,(H,36,41)/t20-,21+,22-,25-,26+,27+,28-,29+,31+,34+,35-/m1/s1. The first-order valence-corrected chi connectivity index (χ1v) is 16.7. The highest BCUT2D eigenvalue weighted by Crippen LogP contribution is 2.68. The lowest BCUT2D eigenvalue weighted by molar-refractivity contribution is -0.207. The van der Waals surface area contributed by atoms with Gasteiger partial charge in [-0.1, -0.05) is 32.9 Å². The summed E-state index contributed by atoms with van der Waals surface area (Å²) in [7, 11) is 0. The van der Waals surface area contributed by atoms with Crippen molar-refractivity contribution in [2.24, 2.45) is 46.3 Å². The number of carbonyl (C=O) groups is 3. The third-order valence-electron chi connectivity index (χ3n) is 13.1. The molecular formula is C35H50N2O6. The van der Waals surface area contributed by atoms with Gasteiger partial charge in [0.2, 0.25) is 5.91 Å². The molecule has 43 heavy (non-hydrogen) atoms. The van der Waals surface area contributed by atoms with Crippen molar-refractivity contribution in [3.8, 4) is 0 Å². The van der Waals surface area contributed by atoms with Crippen molar-refractivity contribution in [3.63, 3.8) is 0 Å². The lowest BCUT2D eigenvalue weighted by Gasteiger charge is -2.63.